The Morgan fingerprint density at radius 3 is 1.90 bits per heavy atom. The van der Waals surface area contributed by atoms with Gasteiger partial charge in [-0.15, -0.1) is 0 Å². The average Bonchev–Trinajstić information content (AvgIpc) is 3.15. The third-order valence-corrected chi connectivity index (χ3v) is 9.13. The molecule has 1 fully saturated rings. The maximum absolute atomic E-state index is 14.5. The van der Waals surface area contributed by atoms with Gasteiger partial charge >= 0.3 is 16.4 Å². The van der Waals surface area contributed by atoms with E-state index >= 15 is 0 Å². The lowest BCUT2D eigenvalue weighted by Gasteiger charge is -2.37. The van der Waals surface area contributed by atoms with Gasteiger partial charge in [-0.3, -0.25) is 0 Å². The van der Waals surface area contributed by atoms with Crippen LogP contribution in [0.4, 0.5) is 26.3 Å². The number of unbranched alkanes of at least 4 members (excludes halogenated alkanes) is 1. The highest BCUT2D eigenvalue weighted by atomic mass is 32.2. The van der Waals surface area contributed by atoms with Crippen LogP contribution in [0.1, 0.15) is 52.4 Å². The molecule has 0 radical (unpaired) electrons. The smallest absolute Gasteiger partial charge is 0.221 e. The predicted molar refractivity (Wildman–Crippen MR) is 91.6 cm³/mol. The molecular formula is C15H22F6N2O4S2. The van der Waals surface area contributed by atoms with Gasteiger partial charge in [0.2, 0.25) is 9.84 Å². The lowest BCUT2D eigenvalue weighted by Crippen LogP contribution is -2.66. The zero-order valence-electron chi connectivity index (χ0n) is 15.7. The third kappa shape index (κ3) is 3.85. The first-order valence-electron chi connectivity index (χ1n) is 8.76. The van der Waals surface area contributed by atoms with E-state index in [4.69, 9.17) is 0 Å². The van der Waals surface area contributed by atoms with E-state index < -0.39 is 53.5 Å². The molecule has 1 rings (SSSR count). The molecule has 1 atom stereocenters. The molecular weight excluding hydrogens is 450 g/mol. The van der Waals surface area contributed by atoms with Crippen LogP contribution in [0.25, 0.3) is 0 Å². The summed E-state index contributed by atoms with van der Waals surface area (Å²) < 4.78 is 131. The van der Waals surface area contributed by atoms with Crippen molar-refractivity contribution in [2.24, 2.45) is 5.92 Å². The van der Waals surface area contributed by atoms with Crippen molar-refractivity contribution >= 4 is 19.9 Å². The van der Waals surface area contributed by atoms with E-state index in [1.807, 2.05) is 0 Å². The van der Waals surface area contributed by atoms with Gasteiger partial charge in [0.25, 0.3) is 10.0 Å². The Kier molecular flexibility index (Phi) is 7.36. The number of rotatable bonds is 10. The van der Waals surface area contributed by atoms with Crippen LogP contribution in [0.5, 0.6) is 0 Å². The van der Waals surface area contributed by atoms with Crippen molar-refractivity contribution < 1.29 is 43.2 Å². The number of halogens is 6. The highest BCUT2D eigenvalue weighted by Gasteiger charge is 2.83. The van der Waals surface area contributed by atoms with Crippen molar-refractivity contribution in [1.82, 2.24) is 4.72 Å². The van der Waals surface area contributed by atoms with Crippen molar-refractivity contribution in [2.75, 3.05) is 6.54 Å². The molecule has 0 spiro atoms. The average molecular weight is 472 g/mol. The minimum Gasteiger partial charge on any atom is -0.221 e. The van der Waals surface area contributed by atoms with Crippen LogP contribution in [0.15, 0.2) is 0 Å². The molecule has 170 valence electrons. The second-order valence-electron chi connectivity index (χ2n) is 7.06. The maximum Gasteiger partial charge on any atom is 0.428 e. The molecule has 1 aliphatic rings. The Labute approximate surface area is 165 Å². The zero-order valence-corrected chi connectivity index (χ0v) is 17.3. The standard InChI is InChI=1S/C15H22F6N2O4S2/c1-3-4-9-23-29(26,27)15(20,21)13(16,17)14(18,19)28(24,25)12(2,10-22)11-7-5-6-8-11/h11,23H,3-9H2,1-2H3. The van der Waals surface area contributed by atoms with Gasteiger partial charge < -0.3 is 0 Å². The van der Waals surface area contributed by atoms with E-state index in [9.17, 15) is 48.4 Å². The van der Waals surface area contributed by atoms with Crippen LogP contribution in [-0.4, -0.2) is 44.6 Å². The molecule has 1 aliphatic carbocycles. The van der Waals surface area contributed by atoms with E-state index in [2.05, 4.69) is 0 Å². The molecule has 1 N–H and O–H groups in total. The summed E-state index contributed by atoms with van der Waals surface area (Å²) in [5, 5.41) is -3.80. The first-order chi connectivity index (χ1) is 13.0. The number of hydrogen-bond acceptors (Lipinski definition) is 5. The quantitative estimate of drug-likeness (QED) is 0.388. The van der Waals surface area contributed by atoms with Crippen LogP contribution >= 0.6 is 0 Å². The number of alkyl halides is 6. The SMILES string of the molecule is CCCCNS(=O)(=O)C(F)(F)C(F)(F)C(F)(F)S(=O)(=O)C(C)(C#N)C1CCCC1. The Hall–Kier alpha value is -1.07. The number of nitriles is 1. The summed E-state index contributed by atoms with van der Waals surface area (Å²) in [4.78, 5) is 0. The minimum atomic E-state index is -6.84. The van der Waals surface area contributed by atoms with Crippen LogP contribution < -0.4 is 4.72 Å². The Balaban J connectivity index is 3.49. The number of sulfone groups is 1. The summed E-state index contributed by atoms with van der Waals surface area (Å²) in [5.41, 5.74) is 0. The fraction of sp³-hybridized carbons (Fsp3) is 0.933. The highest BCUT2D eigenvalue weighted by Crippen LogP contribution is 2.54. The number of nitrogens with zero attached hydrogens (tertiary/aromatic N) is 1. The topological polar surface area (TPSA) is 104 Å². The molecule has 0 aliphatic heterocycles. The van der Waals surface area contributed by atoms with E-state index in [0.29, 0.717) is 19.8 Å². The molecule has 0 amide bonds. The van der Waals surface area contributed by atoms with E-state index in [-0.39, 0.29) is 25.7 Å². The van der Waals surface area contributed by atoms with Gasteiger partial charge in [-0.1, -0.05) is 26.2 Å². The molecule has 29 heavy (non-hydrogen) atoms. The van der Waals surface area contributed by atoms with Crippen molar-refractivity contribution in [3.63, 3.8) is 0 Å². The van der Waals surface area contributed by atoms with Crippen LogP contribution in [0.2, 0.25) is 0 Å². The van der Waals surface area contributed by atoms with Gasteiger partial charge in [-0.2, -0.15) is 31.6 Å². The minimum absolute atomic E-state index is 0.0518. The first kappa shape index (κ1) is 26.0. The maximum atomic E-state index is 14.5. The first-order valence-corrected chi connectivity index (χ1v) is 11.7. The Morgan fingerprint density at radius 2 is 1.48 bits per heavy atom. The molecule has 0 bridgehead atoms. The zero-order chi connectivity index (χ0) is 22.9. The highest BCUT2D eigenvalue weighted by molar-refractivity contribution is 7.94. The van der Waals surface area contributed by atoms with Crippen LogP contribution in [-0.2, 0) is 19.9 Å². The summed E-state index contributed by atoms with van der Waals surface area (Å²) in [6.07, 6.45) is 0.785. The van der Waals surface area contributed by atoms with E-state index in [0.717, 1.165) is 10.8 Å². The Morgan fingerprint density at radius 1 is 1.00 bits per heavy atom. The van der Waals surface area contributed by atoms with Crippen molar-refractivity contribution in [1.29, 1.82) is 5.26 Å². The van der Waals surface area contributed by atoms with Gasteiger partial charge in [-0.05, 0) is 32.1 Å². The summed E-state index contributed by atoms with van der Waals surface area (Å²) in [6.45, 7) is 1.25. The van der Waals surface area contributed by atoms with Gasteiger partial charge in [0.15, 0.2) is 4.75 Å². The van der Waals surface area contributed by atoms with E-state index in [1.54, 1.807) is 0 Å². The van der Waals surface area contributed by atoms with Crippen LogP contribution in [0, 0.1) is 17.2 Å². The van der Waals surface area contributed by atoms with Crippen molar-refractivity contribution in [2.45, 2.75) is 73.6 Å². The fourth-order valence-corrected chi connectivity index (χ4v) is 6.01. The molecule has 1 unspecified atom stereocenters. The van der Waals surface area contributed by atoms with Crippen molar-refractivity contribution in [3.05, 3.63) is 0 Å². The third-order valence-electron chi connectivity index (χ3n) is 5.14. The monoisotopic (exact) mass is 472 g/mol. The predicted octanol–water partition coefficient (Wildman–Crippen LogP) is 3.41. The second kappa shape index (κ2) is 8.22. The summed E-state index contributed by atoms with van der Waals surface area (Å²) >= 11 is 0. The Bertz CT molecular complexity index is 849. The van der Waals surface area contributed by atoms with Crippen LogP contribution in [0.3, 0.4) is 0 Å². The number of sulfonamides is 1. The molecule has 0 aromatic heterocycles. The molecule has 0 heterocycles. The molecule has 0 aromatic carbocycles. The second-order valence-corrected chi connectivity index (χ2v) is 11.2. The fourth-order valence-electron chi connectivity index (χ4n) is 3.09. The lowest BCUT2D eigenvalue weighted by molar-refractivity contribution is -0.244. The largest absolute Gasteiger partial charge is 0.428 e. The number of nitrogens with one attached hydrogen (secondary N) is 1. The summed E-state index contributed by atoms with van der Waals surface area (Å²) in [5.74, 6) is -8.12. The molecule has 0 saturated heterocycles. The number of hydrogen-bond donors (Lipinski definition) is 1. The van der Waals surface area contributed by atoms with Gasteiger partial charge in [0.1, 0.15) is 0 Å². The molecule has 14 heteroatoms. The summed E-state index contributed by atoms with van der Waals surface area (Å²) in [7, 11) is -12.9. The van der Waals surface area contributed by atoms with Crippen molar-refractivity contribution in [3.8, 4) is 6.07 Å². The van der Waals surface area contributed by atoms with Gasteiger partial charge in [0.05, 0.1) is 6.07 Å². The lowest BCUT2D eigenvalue weighted by atomic mass is 9.93. The summed E-state index contributed by atoms with van der Waals surface area (Å²) in [6, 6.07) is 1.06. The van der Waals surface area contributed by atoms with Gasteiger partial charge in [0, 0.05) is 6.54 Å². The normalized spacial score (nSPS) is 19.7. The van der Waals surface area contributed by atoms with Gasteiger partial charge in [-0.25, -0.2) is 21.6 Å². The molecule has 6 nitrogen and oxygen atoms in total. The molecule has 1 saturated carbocycles. The van der Waals surface area contributed by atoms with E-state index in [1.165, 1.54) is 6.92 Å². The molecule has 0 aromatic rings.